The molecular formula is C17H19N3O2. The highest BCUT2D eigenvalue weighted by molar-refractivity contribution is 5.78. The summed E-state index contributed by atoms with van der Waals surface area (Å²) in [6.45, 7) is 1.84. The van der Waals surface area contributed by atoms with Crippen molar-refractivity contribution in [1.29, 1.82) is 0 Å². The Bertz CT molecular complexity index is 784. The van der Waals surface area contributed by atoms with E-state index in [0.717, 1.165) is 41.3 Å². The largest absolute Gasteiger partial charge is 0.441 e. The summed E-state index contributed by atoms with van der Waals surface area (Å²) in [6.07, 6.45) is 7.48. The van der Waals surface area contributed by atoms with E-state index in [-0.39, 0.29) is 0 Å². The highest BCUT2D eigenvalue weighted by atomic mass is 16.5. The van der Waals surface area contributed by atoms with Gasteiger partial charge in [-0.05, 0) is 30.5 Å². The van der Waals surface area contributed by atoms with E-state index < -0.39 is 0 Å². The number of hydrogen-bond donors (Lipinski definition) is 0. The minimum absolute atomic E-state index is 0.629. The number of oxazole rings is 1. The Morgan fingerprint density at radius 3 is 2.91 bits per heavy atom. The minimum Gasteiger partial charge on any atom is -0.441 e. The monoisotopic (exact) mass is 297 g/mol. The molecule has 5 nitrogen and oxygen atoms in total. The van der Waals surface area contributed by atoms with E-state index in [4.69, 9.17) is 8.94 Å². The summed E-state index contributed by atoms with van der Waals surface area (Å²) < 4.78 is 10.9. The van der Waals surface area contributed by atoms with Crippen LogP contribution >= 0.6 is 0 Å². The molecule has 0 spiro atoms. The summed E-state index contributed by atoms with van der Waals surface area (Å²) in [5, 5.41) is 4.10. The molecule has 22 heavy (non-hydrogen) atoms. The van der Waals surface area contributed by atoms with Crippen LogP contribution in [-0.4, -0.2) is 15.1 Å². The van der Waals surface area contributed by atoms with Gasteiger partial charge in [-0.2, -0.15) is 4.98 Å². The SMILES string of the molecule is Cc1nc2cc(-c3noc(CCC4CCCC4)n3)ccc2o1. The second-order valence-corrected chi connectivity index (χ2v) is 6.12. The van der Waals surface area contributed by atoms with Crippen LogP contribution < -0.4 is 0 Å². The van der Waals surface area contributed by atoms with Gasteiger partial charge in [0.25, 0.3) is 0 Å². The van der Waals surface area contributed by atoms with Gasteiger partial charge in [-0.1, -0.05) is 30.8 Å². The third kappa shape index (κ3) is 2.63. The van der Waals surface area contributed by atoms with Crippen LogP contribution in [0.3, 0.4) is 0 Å². The Morgan fingerprint density at radius 2 is 2.05 bits per heavy atom. The Hall–Kier alpha value is -2.17. The summed E-state index contributed by atoms with van der Waals surface area (Å²) in [6, 6.07) is 5.79. The van der Waals surface area contributed by atoms with Crippen LogP contribution in [0.5, 0.6) is 0 Å². The molecule has 0 unspecified atom stereocenters. The summed E-state index contributed by atoms with van der Waals surface area (Å²) in [7, 11) is 0. The van der Waals surface area contributed by atoms with Crippen molar-refractivity contribution in [2.75, 3.05) is 0 Å². The van der Waals surface area contributed by atoms with Crippen LogP contribution in [0.25, 0.3) is 22.5 Å². The van der Waals surface area contributed by atoms with Gasteiger partial charge in [-0.15, -0.1) is 0 Å². The highest BCUT2D eigenvalue weighted by Gasteiger charge is 2.17. The molecule has 5 heteroatoms. The van der Waals surface area contributed by atoms with E-state index in [1.807, 2.05) is 25.1 Å². The van der Waals surface area contributed by atoms with E-state index in [2.05, 4.69) is 15.1 Å². The van der Waals surface area contributed by atoms with Crippen LogP contribution in [0.4, 0.5) is 0 Å². The molecule has 2 aromatic heterocycles. The lowest BCUT2D eigenvalue weighted by Gasteiger charge is -2.04. The first-order valence-electron chi connectivity index (χ1n) is 7.98. The summed E-state index contributed by atoms with van der Waals surface area (Å²) in [5.74, 6) is 2.87. The minimum atomic E-state index is 0.629. The van der Waals surface area contributed by atoms with Gasteiger partial charge in [0.05, 0.1) is 0 Å². The van der Waals surface area contributed by atoms with Crippen molar-refractivity contribution in [3.05, 3.63) is 30.0 Å². The van der Waals surface area contributed by atoms with Crippen molar-refractivity contribution in [2.24, 2.45) is 5.92 Å². The lowest BCUT2D eigenvalue weighted by atomic mass is 10.0. The predicted molar refractivity (Wildman–Crippen MR) is 82.3 cm³/mol. The van der Waals surface area contributed by atoms with Gasteiger partial charge in [0.1, 0.15) is 5.52 Å². The maximum Gasteiger partial charge on any atom is 0.226 e. The van der Waals surface area contributed by atoms with Crippen molar-refractivity contribution in [3.63, 3.8) is 0 Å². The molecule has 1 saturated carbocycles. The Labute approximate surface area is 128 Å². The van der Waals surface area contributed by atoms with Gasteiger partial charge in [-0.25, -0.2) is 4.98 Å². The van der Waals surface area contributed by atoms with Crippen molar-refractivity contribution < 1.29 is 8.94 Å². The van der Waals surface area contributed by atoms with Crippen molar-refractivity contribution in [2.45, 2.75) is 45.4 Å². The molecule has 0 aliphatic heterocycles. The maximum absolute atomic E-state index is 5.48. The summed E-state index contributed by atoms with van der Waals surface area (Å²) >= 11 is 0. The summed E-state index contributed by atoms with van der Waals surface area (Å²) in [5.41, 5.74) is 2.52. The molecule has 2 heterocycles. The molecule has 0 radical (unpaired) electrons. The van der Waals surface area contributed by atoms with E-state index in [0.29, 0.717) is 11.7 Å². The van der Waals surface area contributed by atoms with E-state index in [9.17, 15) is 0 Å². The number of rotatable bonds is 4. The fourth-order valence-corrected chi connectivity index (χ4v) is 3.28. The average molecular weight is 297 g/mol. The zero-order valence-corrected chi connectivity index (χ0v) is 12.7. The van der Waals surface area contributed by atoms with E-state index in [1.165, 1.54) is 25.7 Å². The number of benzene rings is 1. The predicted octanol–water partition coefficient (Wildman–Crippen LogP) is 4.31. The second kappa shape index (κ2) is 5.55. The number of aromatic nitrogens is 3. The zero-order valence-electron chi connectivity index (χ0n) is 12.7. The first-order chi connectivity index (χ1) is 10.8. The molecule has 1 aliphatic rings. The van der Waals surface area contributed by atoms with E-state index in [1.54, 1.807) is 0 Å². The van der Waals surface area contributed by atoms with Gasteiger partial charge < -0.3 is 8.94 Å². The molecule has 0 atom stereocenters. The molecule has 4 rings (SSSR count). The van der Waals surface area contributed by atoms with Crippen LogP contribution in [-0.2, 0) is 6.42 Å². The van der Waals surface area contributed by atoms with Crippen molar-refractivity contribution in [3.8, 4) is 11.4 Å². The second-order valence-electron chi connectivity index (χ2n) is 6.12. The maximum atomic E-state index is 5.48. The molecule has 0 amide bonds. The van der Waals surface area contributed by atoms with Crippen LogP contribution in [0.1, 0.15) is 43.9 Å². The molecule has 1 aliphatic carbocycles. The first kappa shape index (κ1) is 13.5. The lowest BCUT2D eigenvalue weighted by molar-refractivity contribution is 0.362. The van der Waals surface area contributed by atoms with Crippen molar-refractivity contribution >= 4 is 11.1 Å². The third-order valence-corrected chi connectivity index (χ3v) is 4.46. The number of hydrogen-bond acceptors (Lipinski definition) is 5. The average Bonchev–Trinajstić information content (AvgIpc) is 3.24. The van der Waals surface area contributed by atoms with E-state index >= 15 is 0 Å². The molecule has 0 saturated heterocycles. The molecule has 1 fully saturated rings. The van der Waals surface area contributed by atoms with Crippen LogP contribution in [0.2, 0.25) is 0 Å². The standard InChI is InChI=1S/C17H19N3O2/c1-11-18-14-10-13(7-8-15(14)21-11)17-19-16(22-20-17)9-6-12-4-2-3-5-12/h7-8,10,12H,2-6,9H2,1H3. The molecule has 114 valence electrons. The Balaban J connectivity index is 1.51. The Morgan fingerprint density at radius 1 is 1.18 bits per heavy atom. The van der Waals surface area contributed by atoms with Gasteiger partial charge in [0, 0.05) is 18.9 Å². The van der Waals surface area contributed by atoms with Crippen LogP contribution in [0, 0.1) is 12.8 Å². The zero-order chi connectivity index (χ0) is 14.9. The van der Waals surface area contributed by atoms with Gasteiger partial charge in [0.15, 0.2) is 11.5 Å². The van der Waals surface area contributed by atoms with Crippen LogP contribution in [0.15, 0.2) is 27.1 Å². The van der Waals surface area contributed by atoms with Gasteiger partial charge in [-0.3, -0.25) is 0 Å². The first-order valence-corrected chi connectivity index (χ1v) is 7.98. The molecular weight excluding hydrogens is 278 g/mol. The fraction of sp³-hybridized carbons (Fsp3) is 0.471. The molecule has 0 bridgehead atoms. The number of fused-ring (bicyclic) bond motifs is 1. The quantitative estimate of drug-likeness (QED) is 0.718. The molecule has 3 aromatic rings. The number of nitrogens with zero attached hydrogens (tertiary/aromatic N) is 3. The number of aryl methyl sites for hydroxylation is 2. The van der Waals surface area contributed by atoms with Gasteiger partial charge in [0.2, 0.25) is 11.7 Å². The smallest absolute Gasteiger partial charge is 0.226 e. The normalized spacial score (nSPS) is 15.9. The van der Waals surface area contributed by atoms with Crippen molar-refractivity contribution in [1.82, 2.24) is 15.1 Å². The fourth-order valence-electron chi connectivity index (χ4n) is 3.28. The lowest BCUT2D eigenvalue weighted by Crippen LogP contribution is -1.96. The third-order valence-electron chi connectivity index (χ3n) is 4.46. The van der Waals surface area contributed by atoms with Gasteiger partial charge >= 0.3 is 0 Å². The Kier molecular flexibility index (Phi) is 3.41. The highest BCUT2D eigenvalue weighted by Crippen LogP contribution is 2.29. The topological polar surface area (TPSA) is 65.0 Å². The molecule has 0 N–H and O–H groups in total. The summed E-state index contributed by atoms with van der Waals surface area (Å²) in [4.78, 5) is 8.86. The molecule has 1 aromatic carbocycles.